The summed E-state index contributed by atoms with van der Waals surface area (Å²) in [4.78, 5) is 31.9. The van der Waals surface area contributed by atoms with Gasteiger partial charge in [0.25, 0.3) is 5.91 Å². The Balaban J connectivity index is 1.17. The minimum absolute atomic E-state index is 0.0159. The van der Waals surface area contributed by atoms with Crippen molar-refractivity contribution in [3.05, 3.63) is 36.3 Å². The van der Waals surface area contributed by atoms with Gasteiger partial charge in [0.05, 0.1) is 30.5 Å². The molecule has 0 spiro atoms. The molecule has 36 heavy (non-hydrogen) atoms. The summed E-state index contributed by atoms with van der Waals surface area (Å²) in [6.07, 6.45) is 2.34. The van der Waals surface area contributed by atoms with Crippen LogP contribution >= 0.6 is 0 Å². The monoisotopic (exact) mass is 500 g/mol. The van der Waals surface area contributed by atoms with Gasteiger partial charge in [0, 0.05) is 44.8 Å². The zero-order valence-electron chi connectivity index (χ0n) is 19.9. The molecule has 0 radical (unpaired) electrons. The third-order valence-electron chi connectivity index (χ3n) is 7.52. The SMILES string of the molecule is CN1C(=O)c2cc3cnc(Nc4ccc(N5CCN(CC(F)(F)F)CC5)cn4)nc3n2C2CCCC21. The third-order valence-corrected chi connectivity index (χ3v) is 7.52. The number of anilines is 3. The standard InChI is InChI=1S/C24H27F3N8O/c1-32-17-3-2-4-18(17)35-19(22(32)36)11-15-12-29-23(31-21(15)35)30-20-6-5-16(13-28-20)34-9-7-33(8-10-34)14-24(25,26)27/h5-6,11-13,17-18H,2-4,7-10,14H2,1H3,(H,28,29,30,31). The number of nitrogens with one attached hydrogen (secondary N) is 1. The number of nitrogens with zero attached hydrogens (tertiary/aromatic N) is 7. The first-order valence-electron chi connectivity index (χ1n) is 12.2. The van der Waals surface area contributed by atoms with Crippen molar-refractivity contribution in [1.82, 2.24) is 29.3 Å². The molecule has 3 aromatic rings. The molecule has 190 valence electrons. The smallest absolute Gasteiger partial charge is 0.368 e. The average molecular weight is 501 g/mol. The number of hydrogen-bond acceptors (Lipinski definition) is 7. The van der Waals surface area contributed by atoms with Gasteiger partial charge in [-0.05, 0) is 37.5 Å². The number of alkyl halides is 3. The van der Waals surface area contributed by atoms with Crippen molar-refractivity contribution in [2.75, 3.05) is 50.0 Å². The molecule has 3 aromatic heterocycles. The summed E-state index contributed by atoms with van der Waals surface area (Å²) in [6.45, 7) is 0.868. The van der Waals surface area contributed by atoms with Gasteiger partial charge >= 0.3 is 6.18 Å². The van der Waals surface area contributed by atoms with E-state index in [0.29, 0.717) is 43.6 Å². The predicted octanol–water partition coefficient (Wildman–Crippen LogP) is 3.43. The van der Waals surface area contributed by atoms with Crippen molar-refractivity contribution < 1.29 is 18.0 Å². The van der Waals surface area contributed by atoms with Crippen molar-refractivity contribution in [3.63, 3.8) is 0 Å². The zero-order chi connectivity index (χ0) is 25.0. The minimum atomic E-state index is -4.17. The van der Waals surface area contributed by atoms with Crippen molar-refractivity contribution in [2.24, 2.45) is 0 Å². The number of aromatic nitrogens is 4. The molecule has 0 bridgehead atoms. The van der Waals surface area contributed by atoms with Crippen molar-refractivity contribution in [3.8, 4) is 0 Å². The van der Waals surface area contributed by atoms with E-state index in [9.17, 15) is 18.0 Å². The predicted molar refractivity (Wildman–Crippen MR) is 129 cm³/mol. The molecule has 2 atom stereocenters. The maximum Gasteiger partial charge on any atom is 0.401 e. The first-order chi connectivity index (χ1) is 17.3. The highest BCUT2D eigenvalue weighted by Gasteiger charge is 2.42. The Labute approximate surface area is 205 Å². The summed E-state index contributed by atoms with van der Waals surface area (Å²) in [5.41, 5.74) is 2.26. The molecule has 2 aliphatic heterocycles. The summed E-state index contributed by atoms with van der Waals surface area (Å²) < 4.78 is 40.0. The van der Waals surface area contributed by atoms with Crippen LogP contribution in [0.25, 0.3) is 11.0 Å². The molecule has 2 fully saturated rings. The topological polar surface area (TPSA) is 82.4 Å². The molecule has 1 amide bonds. The van der Waals surface area contributed by atoms with Crippen LogP contribution < -0.4 is 10.2 Å². The fourth-order valence-corrected chi connectivity index (χ4v) is 5.75. The summed E-state index contributed by atoms with van der Waals surface area (Å²) in [7, 11) is 1.88. The van der Waals surface area contributed by atoms with E-state index in [1.54, 1.807) is 12.4 Å². The number of fused-ring (bicyclic) bond motifs is 5. The number of halogens is 3. The first kappa shape index (κ1) is 23.0. The lowest BCUT2D eigenvalue weighted by molar-refractivity contribution is -0.146. The third kappa shape index (κ3) is 4.12. The highest BCUT2D eigenvalue weighted by atomic mass is 19.4. The molecule has 5 heterocycles. The molecule has 12 heteroatoms. The first-order valence-corrected chi connectivity index (χ1v) is 12.2. The molecular weight excluding hydrogens is 473 g/mol. The molecular formula is C24H27F3N8O. The molecule has 6 rings (SSSR count). The maximum atomic E-state index is 12.9. The maximum absolute atomic E-state index is 12.9. The Bertz CT molecular complexity index is 1280. The van der Waals surface area contributed by atoms with Crippen molar-refractivity contribution >= 4 is 34.4 Å². The number of pyridine rings is 1. The Morgan fingerprint density at radius 1 is 1.06 bits per heavy atom. The van der Waals surface area contributed by atoms with Crippen LogP contribution in [0.1, 0.15) is 35.8 Å². The van der Waals surface area contributed by atoms with Crippen LogP contribution in [0.5, 0.6) is 0 Å². The summed E-state index contributed by atoms with van der Waals surface area (Å²) in [5.74, 6) is 0.973. The zero-order valence-corrected chi connectivity index (χ0v) is 19.9. The second-order valence-electron chi connectivity index (χ2n) is 9.76. The highest BCUT2D eigenvalue weighted by molar-refractivity contribution is 5.99. The van der Waals surface area contributed by atoms with Crippen LogP contribution in [0.2, 0.25) is 0 Å². The summed E-state index contributed by atoms with van der Waals surface area (Å²) >= 11 is 0. The van der Waals surface area contributed by atoms with E-state index >= 15 is 0 Å². The van der Waals surface area contributed by atoms with Gasteiger partial charge in [-0.2, -0.15) is 18.2 Å². The Kier molecular flexibility index (Phi) is 5.51. The van der Waals surface area contributed by atoms with Gasteiger partial charge in [-0.15, -0.1) is 0 Å². The fraction of sp³-hybridized carbons (Fsp3) is 0.500. The highest BCUT2D eigenvalue weighted by Crippen LogP contribution is 2.41. The number of likely N-dealkylation sites (N-methyl/N-ethyl adjacent to an activating group) is 1. The molecule has 0 aromatic carbocycles. The van der Waals surface area contributed by atoms with Crippen LogP contribution in [0.15, 0.2) is 30.6 Å². The van der Waals surface area contributed by atoms with Crippen molar-refractivity contribution in [1.29, 1.82) is 0 Å². The molecule has 2 unspecified atom stereocenters. The second kappa shape index (κ2) is 8.61. The van der Waals surface area contributed by atoms with Gasteiger partial charge in [0.2, 0.25) is 5.95 Å². The minimum Gasteiger partial charge on any atom is -0.368 e. The normalized spacial score (nSPS) is 22.7. The van der Waals surface area contributed by atoms with Gasteiger partial charge < -0.3 is 19.7 Å². The van der Waals surface area contributed by atoms with E-state index in [1.165, 1.54) is 4.90 Å². The lowest BCUT2D eigenvalue weighted by atomic mass is 10.1. The van der Waals surface area contributed by atoms with Gasteiger partial charge in [-0.25, -0.2) is 9.97 Å². The molecule has 1 aliphatic carbocycles. The van der Waals surface area contributed by atoms with E-state index < -0.39 is 12.7 Å². The largest absolute Gasteiger partial charge is 0.401 e. The number of carbonyl (C=O) groups is 1. The van der Waals surface area contributed by atoms with Crippen LogP contribution in [0, 0.1) is 0 Å². The average Bonchev–Trinajstić information content (AvgIpc) is 3.47. The Morgan fingerprint density at radius 2 is 1.83 bits per heavy atom. The van der Waals surface area contributed by atoms with E-state index in [1.807, 2.05) is 35.0 Å². The van der Waals surface area contributed by atoms with Crippen molar-refractivity contribution in [2.45, 2.75) is 37.5 Å². The summed E-state index contributed by atoms with van der Waals surface area (Å²) in [6, 6.07) is 5.98. The quantitative estimate of drug-likeness (QED) is 0.588. The van der Waals surface area contributed by atoms with Crippen LogP contribution in [-0.4, -0.2) is 87.2 Å². The number of carbonyl (C=O) groups excluding carboxylic acids is 1. The van der Waals surface area contributed by atoms with Gasteiger partial charge in [0.15, 0.2) is 0 Å². The Morgan fingerprint density at radius 3 is 2.56 bits per heavy atom. The van der Waals surface area contributed by atoms with E-state index in [0.717, 1.165) is 36.0 Å². The fourth-order valence-electron chi connectivity index (χ4n) is 5.75. The van der Waals surface area contributed by atoms with Crippen LogP contribution in [0.3, 0.4) is 0 Å². The number of hydrogen-bond donors (Lipinski definition) is 1. The molecule has 1 saturated carbocycles. The van der Waals surface area contributed by atoms with Crippen LogP contribution in [-0.2, 0) is 0 Å². The van der Waals surface area contributed by atoms with Gasteiger partial charge in [-0.1, -0.05) is 0 Å². The lowest BCUT2D eigenvalue weighted by Gasteiger charge is -2.36. The Hall–Kier alpha value is -3.41. The lowest BCUT2D eigenvalue weighted by Crippen LogP contribution is -2.49. The van der Waals surface area contributed by atoms with Gasteiger partial charge in [-0.3, -0.25) is 9.69 Å². The van der Waals surface area contributed by atoms with Gasteiger partial charge in [0.1, 0.15) is 17.2 Å². The second-order valence-corrected chi connectivity index (χ2v) is 9.76. The molecule has 9 nitrogen and oxygen atoms in total. The molecule has 1 saturated heterocycles. The molecule has 3 aliphatic rings. The van der Waals surface area contributed by atoms with E-state index in [2.05, 4.69) is 19.9 Å². The molecule has 1 N–H and O–H groups in total. The number of piperazine rings is 1. The number of rotatable bonds is 4. The number of amides is 1. The van der Waals surface area contributed by atoms with E-state index in [-0.39, 0.29) is 18.0 Å². The summed E-state index contributed by atoms with van der Waals surface area (Å²) in [5, 5.41) is 3.97. The van der Waals surface area contributed by atoms with Crippen LogP contribution in [0.4, 0.5) is 30.6 Å². The van der Waals surface area contributed by atoms with E-state index in [4.69, 9.17) is 4.98 Å².